The lowest BCUT2D eigenvalue weighted by molar-refractivity contribution is -0.232. The first-order valence-corrected chi connectivity index (χ1v) is 9.32. The molecule has 2 aliphatic rings. The summed E-state index contributed by atoms with van der Waals surface area (Å²) in [6.45, 7) is 5.71. The van der Waals surface area contributed by atoms with Crippen LogP contribution in [0.25, 0.3) is 0 Å². The number of likely N-dealkylation sites (tertiary alicyclic amines) is 1. The number of hydrogen-bond donors (Lipinski definition) is 0. The number of ether oxygens (including phenoxy) is 2. The van der Waals surface area contributed by atoms with Gasteiger partial charge in [-0.3, -0.25) is 4.79 Å². The molecule has 0 N–H and O–H groups in total. The molecule has 0 radical (unpaired) electrons. The standard InChI is InChI=1S/C22H25NO3/c1-3-25-22(2)19-18(20(26-22)17-12-8-5-9-13-17)15-23(21(19)24)14-16-10-6-4-7-11-16/h4-13,18-20H,3,14-15H2,1-2H3/t18-,19-,20-,22-/m1/s1. The molecule has 26 heavy (non-hydrogen) atoms. The number of hydrogen-bond acceptors (Lipinski definition) is 3. The molecule has 0 saturated carbocycles. The Labute approximate surface area is 154 Å². The normalized spacial score (nSPS) is 30.6. The van der Waals surface area contributed by atoms with Gasteiger partial charge in [-0.25, -0.2) is 0 Å². The van der Waals surface area contributed by atoms with E-state index in [1.54, 1.807) is 0 Å². The molecule has 0 unspecified atom stereocenters. The van der Waals surface area contributed by atoms with Crippen LogP contribution in [0, 0.1) is 11.8 Å². The molecular formula is C22H25NO3. The van der Waals surface area contributed by atoms with E-state index in [2.05, 4.69) is 24.3 Å². The van der Waals surface area contributed by atoms with E-state index in [1.807, 2.05) is 55.1 Å². The van der Waals surface area contributed by atoms with E-state index in [-0.39, 0.29) is 23.8 Å². The molecule has 2 saturated heterocycles. The quantitative estimate of drug-likeness (QED) is 0.823. The first-order valence-electron chi connectivity index (χ1n) is 9.32. The minimum Gasteiger partial charge on any atom is -0.350 e. The Morgan fingerprint density at radius 1 is 1.12 bits per heavy atom. The first kappa shape index (κ1) is 17.3. The van der Waals surface area contributed by atoms with Gasteiger partial charge >= 0.3 is 0 Å². The van der Waals surface area contributed by atoms with Crippen LogP contribution < -0.4 is 0 Å². The molecule has 2 aromatic carbocycles. The van der Waals surface area contributed by atoms with Crippen LogP contribution in [0.1, 0.15) is 31.1 Å². The second-order valence-electron chi connectivity index (χ2n) is 7.24. The Hall–Kier alpha value is -2.17. The predicted molar refractivity (Wildman–Crippen MR) is 99.1 cm³/mol. The molecule has 4 atom stereocenters. The highest BCUT2D eigenvalue weighted by Gasteiger charge is 2.61. The Morgan fingerprint density at radius 3 is 2.42 bits per heavy atom. The van der Waals surface area contributed by atoms with E-state index in [0.29, 0.717) is 19.7 Å². The number of benzene rings is 2. The highest BCUT2D eigenvalue weighted by molar-refractivity contribution is 5.83. The van der Waals surface area contributed by atoms with Crippen molar-refractivity contribution in [3.63, 3.8) is 0 Å². The molecule has 4 rings (SSSR count). The largest absolute Gasteiger partial charge is 0.350 e. The number of carbonyl (C=O) groups excluding carboxylic acids is 1. The van der Waals surface area contributed by atoms with Gasteiger partial charge in [-0.2, -0.15) is 0 Å². The van der Waals surface area contributed by atoms with Gasteiger partial charge in [0, 0.05) is 25.6 Å². The fraction of sp³-hybridized carbons (Fsp3) is 0.409. The zero-order valence-corrected chi connectivity index (χ0v) is 15.3. The van der Waals surface area contributed by atoms with Gasteiger partial charge in [0.1, 0.15) is 0 Å². The molecule has 0 aromatic heterocycles. The molecule has 0 aliphatic carbocycles. The molecule has 0 bridgehead atoms. The molecule has 2 fully saturated rings. The Bertz CT molecular complexity index is 763. The Balaban J connectivity index is 1.63. The molecule has 0 spiro atoms. The van der Waals surface area contributed by atoms with Crippen molar-refractivity contribution in [2.45, 2.75) is 32.3 Å². The number of carbonyl (C=O) groups is 1. The van der Waals surface area contributed by atoms with Crippen molar-refractivity contribution in [3.8, 4) is 0 Å². The van der Waals surface area contributed by atoms with Crippen molar-refractivity contribution in [3.05, 3.63) is 71.8 Å². The third-order valence-electron chi connectivity index (χ3n) is 5.53. The summed E-state index contributed by atoms with van der Waals surface area (Å²) in [5, 5.41) is 0. The summed E-state index contributed by atoms with van der Waals surface area (Å²) in [6, 6.07) is 20.3. The fourth-order valence-electron chi connectivity index (χ4n) is 4.44. The molecule has 2 aromatic rings. The smallest absolute Gasteiger partial charge is 0.231 e. The molecule has 4 heteroatoms. The van der Waals surface area contributed by atoms with Crippen LogP contribution in [0.2, 0.25) is 0 Å². The van der Waals surface area contributed by atoms with E-state index < -0.39 is 5.79 Å². The van der Waals surface area contributed by atoms with Gasteiger partial charge in [-0.05, 0) is 25.0 Å². The molecular weight excluding hydrogens is 326 g/mol. The molecule has 4 nitrogen and oxygen atoms in total. The first-order chi connectivity index (χ1) is 12.6. The number of fused-ring (bicyclic) bond motifs is 1. The van der Waals surface area contributed by atoms with E-state index in [1.165, 1.54) is 0 Å². The zero-order chi connectivity index (χ0) is 18.1. The summed E-state index contributed by atoms with van der Waals surface area (Å²) < 4.78 is 12.3. The fourth-order valence-corrected chi connectivity index (χ4v) is 4.44. The van der Waals surface area contributed by atoms with Crippen molar-refractivity contribution < 1.29 is 14.3 Å². The van der Waals surface area contributed by atoms with Crippen molar-refractivity contribution in [1.82, 2.24) is 4.90 Å². The van der Waals surface area contributed by atoms with Gasteiger partial charge in [0.15, 0.2) is 5.79 Å². The van der Waals surface area contributed by atoms with Crippen molar-refractivity contribution >= 4 is 5.91 Å². The van der Waals surface area contributed by atoms with Crippen molar-refractivity contribution in [2.24, 2.45) is 11.8 Å². The van der Waals surface area contributed by atoms with E-state index in [0.717, 1.165) is 11.1 Å². The van der Waals surface area contributed by atoms with Crippen LogP contribution in [0.5, 0.6) is 0 Å². The Kier molecular flexibility index (Phi) is 4.55. The van der Waals surface area contributed by atoms with Crippen LogP contribution in [0.15, 0.2) is 60.7 Å². The SMILES string of the molecule is CCO[C@]1(C)O[C@H](c2ccccc2)[C@@H]2CN(Cc3ccccc3)C(=O)[C@@H]21. The monoisotopic (exact) mass is 351 g/mol. The topological polar surface area (TPSA) is 38.8 Å². The Morgan fingerprint density at radius 2 is 1.77 bits per heavy atom. The van der Waals surface area contributed by atoms with Gasteiger partial charge in [-0.15, -0.1) is 0 Å². The number of rotatable bonds is 5. The maximum absolute atomic E-state index is 13.2. The van der Waals surface area contributed by atoms with Crippen LogP contribution in [0.4, 0.5) is 0 Å². The third-order valence-corrected chi connectivity index (χ3v) is 5.53. The maximum Gasteiger partial charge on any atom is 0.231 e. The third kappa shape index (κ3) is 2.93. The molecule has 2 aliphatic heterocycles. The minimum absolute atomic E-state index is 0.102. The van der Waals surface area contributed by atoms with E-state index in [9.17, 15) is 4.79 Å². The van der Waals surface area contributed by atoms with Gasteiger partial charge < -0.3 is 14.4 Å². The second-order valence-corrected chi connectivity index (χ2v) is 7.24. The van der Waals surface area contributed by atoms with Gasteiger partial charge in [0.05, 0.1) is 12.0 Å². The van der Waals surface area contributed by atoms with E-state index >= 15 is 0 Å². The lowest BCUT2D eigenvalue weighted by atomic mass is 9.86. The maximum atomic E-state index is 13.2. The lowest BCUT2D eigenvalue weighted by Gasteiger charge is -2.30. The molecule has 136 valence electrons. The summed E-state index contributed by atoms with van der Waals surface area (Å²) in [5.41, 5.74) is 2.26. The van der Waals surface area contributed by atoms with Crippen LogP contribution in [-0.4, -0.2) is 29.7 Å². The van der Waals surface area contributed by atoms with Crippen molar-refractivity contribution in [2.75, 3.05) is 13.2 Å². The van der Waals surface area contributed by atoms with Crippen molar-refractivity contribution in [1.29, 1.82) is 0 Å². The van der Waals surface area contributed by atoms with Gasteiger partial charge in [0.2, 0.25) is 5.91 Å². The summed E-state index contributed by atoms with van der Waals surface area (Å²) >= 11 is 0. The molecule has 2 heterocycles. The average Bonchev–Trinajstić information content (AvgIpc) is 3.13. The van der Waals surface area contributed by atoms with Crippen LogP contribution >= 0.6 is 0 Å². The van der Waals surface area contributed by atoms with Crippen LogP contribution in [-0.2, 0) is 20.8 Å². The zero-order valence-electron chi connectivity index (χ0n) is 15.3. The molecule has 1 amide bonds. The lowest BCUT2D eigenvalue weighted by Crippen LogP contribution is -2.42. The van der Waals surface area contributed by atoms with Gasteiger partial charge in [-0.1, -0.05) is 60.7 Å². The summed E-state index contributed by atoms with van der Waals surface area (Å²) in [6.07, 6.45) is -0.123. The van der Waals surface area contributed by atoms with Gasteiger partial charge in [0.25, 0.3) is 0 Å². The number of nitrogens with zero attached hydrogens (tertiary/aromatic N) is 1. The highest BCUT2D eigenvalue weighted by Crippen LogP contribution is 2.52. The van der Waals surface area contributed by atoms with E-state index in [4.69, 9.17) is 9.47 Å². The highest BCUT2D eigenvalue weighted by atomic mass is 16.7. The summed E-state index contributed by atoms with van der Waals surface area (Å²) in [5.74, 6) is -0.905. The number of amides is 1. The minimum atomic E-state index is -0.873. The average molecular weight is 351 g/mol. The summed E-state index contributed by atoms with van der Waals surface area (Å²) in [4.78, 5) is 15.2. The second kappa shape index (κ2) is 6.86. The predicted octanol–water partition coefficient (Wildman–Crippen LogP) is 3.79. The van der Waals surface area contributed by atoms with Crippen LogP contribution in [0.3, 0.4) is 0 Å². The summed E-state index contributed by atoms with van der Waals surface area (Å²) in [7, 11) is 0.